The molecule has 2 aromatic carbocycles. The number of piperidine rings is 1. The van der Waals surface area contributed by atoms with Gasteiger partial charge >= 0.3 is 0 Å². The van der Waals surface area contributed by atoms with Gasteiger partial charge in [0.15, 0.2) is 5.82 Å². The molecule has 1 atom stereocenters. The van der Waals surface area contributed by atoms with E-state index in [1.807, 2.05) is 19.1 Å². The van der Waals surface area contributed by atoms with Gasteiger partial charge in [0.05, 0.1) is 12.1 Å². The molecular formula is C25H27FN6O. The highest BCUT2D eigenvalue weighted by Crippen LogP contribution is 2.30. The fraction of sp³-hybridized carbons (Fsp3) is 0.360. The van der Waals surface area contributed by atoms with Crippen molar-refractivity contribution >= 4 is 10.9 Å². The fourth-order valence-electron chi connectivity index (χ4n) is 4.75. The molecule has 0 amide bonds. The molecule has 1 saturated heterocycles. The summed E-state index contributed by atoms with van der Waals surface area (Å²) in [5.41, 5.74) is 4.43. The predicted molar refractivity (Wildman–Crippen MR) is 125 cm³/mol. The van der Waals surface area contributed by atoms with E-state index in [0.29, 0.717) is 17.9 Å². The van der Waals surface area contributed by atoms with Gasteiger partial charge in [-0.05, 0) is 85.1 Å². The first kappa shape index (κ1) is 21.5. The Kier molecular flexibility index (Phi) is 5.76. The molecule has 8 heteroatoms. The first-order chi connectivity index (χ1) is 16.0. The lowest BCUT2D eigenvalue weighted by atomic mass is 9.98. The summed E-state index contributed by atoms with van der Waals surface area (Å²) >= 11 is 0. The van der Waals surface area contributed by atoms with Crippen LogP contribution in [0.1, 0.15) is 53.4 Å². The molecule has 0 saturated carbocycles. The number of hydrogen-bond acceptors (Lipinski definition) is 5. The number of likely N-dealkylation sites (tertiary alicyclic amines) is 1. The SMILES string of the molecule is Cc1ccc(C)c2[nH]c(=O)c(C(c3nnnn3Cc3ccc(F)cc3)N3CCCCC3)cc12. The summed E-state index contributed by atoms with van der Waals surface area (Å²) in [6.45, 7) is 6.20. The number of benzene rings is 2. The number of hydrogen-bond donors (Lipinski definition) is 1. The van der Waals surface area contributed by atoms with E-state index < -0.39 is 0 Å². The second-order valence-electron chi connectivity index (χ2n) is 8.86. The van der Waals surface area contributed by atoms with Gasteiger partial charge in [-0.1, -0.05) is 30.7 Å². The van der Waals surface area contributed by atoms with E-state index in [9.17, 15) is 9.18 Å². The Bertz CT molecular complexity index is 1340. The lowest BCUT2D eigenvalue weighted by Crippen LogP contribution is -2.38. The monoisotopic (exact) mass is 446 g/mol. The van der Waals surface area contributed by atoms with Crippen LogP contribution in [0.25, 0.3) is 10.9 Å². The number of pyridine rings is 1. The number of fused-ring (bicyclic) bond motifs is 1. The van der Waals surface area contributed by atoms with Crippen LogP contribution in [0.2, 0.25) is 0 Å². The Morgan fingerprint density at radius 3 is 2.52 bits per heavy atom. The topological polar surface area (TPSA) is 79.7 Å². The number of rotatable bonds is 5. The van der Waals surface area contributed by atoms with E-state index in [-0.39, 0.29) is 17.4 Å². The molecule has 7 nitrogen and oxygen atoms in total. The summed E-state index contributed by atoms with van der Waals surface area (Å²) in [4.78, 5) is 18.8. The van der Waals surface area contributed by atoms with Crippen molar-refractivity contribution in [2.45, 2.75) is 45.7 Å². The summed E-state index contributed by atoms with van der Waals surface area (Å²) in [5.74, 6) is 0.339. The van der Waals surface area contributed by atoms with Crippen molar-refractivity contribution < 1.29 is 4.39 Å². The van der Waals surface area contributed by atoms with Gasteiger partial charge in [-0.25, -0.2) is 9.07 Å². The number of nitrogens with zero attached hydrogens (tertiary/aromatic N) is 5. The molecule has 3 heterocycles. The molecule has 1 fully saturated rings. The number of aromatic amines is 1. The van der Waals surface area contributed by atoms with Crippen molar-refractivity contribution in [2.24, 2.45) is 0 Å². The highest BCUT2D eigenvalue weighted by molar-refractivity contribution is 5.85. The molecule has 2 aromatic heterocycles. The summed E-state index contributed by atoms with van der Waals surface area (Å²) in [6, 6.07) is 12.1. The van der Waals surface area contributed by atoms with Crippen molar-refractivity contribution in [1.82, 2.24) is 30.1 Å². The van der Waals surface area contributed by atoms with Crippen LogP contribution in [0.3, 0.4) is 0 Å². The van der Waals surface area contributed by atoms with Crippen molar-refractivity contribution in [2.75, 3.05) is 13.1 Å². The first-order valence-electron chi connectivity index (χ1n) is 11.4. The molecule has 0 spiro atoms. The highest BCUT2D eigenvalue weighted by Gasteiger charge is 2.31. The molecule has 1 aliphatic heterocycles. The Balaban J connectivity index is 1.64. The van der Waals surface area contributed by atoms with Gasteiger partial charge in [0.2, 0.25) is 0 Å². The van der Waals surface area contributed by atoms with E-state index in [1.54, 1.807) is 16.8 Å². The normalized spacial score (nSPS) is 15.7. The van der Waals surface area contributed by atoms with E-state index >= 15 is 0 Å². The zero-order chi connectivity index (χ0) is 22.9. The number of tetrazole rings is 1. The van der Waals surface area contributed by atoms with E-state index in [4.69, 9.17) is 0 Å². The van der Waals surface area contributed by atoms with Crippen molar-refractivity contribution in [3.63, 3.8) is 0 Å². The number of aryl methyl sites for hydroxylation is 2. The summed E-state index contributed by atoms with van der Waals surface area (Å²) < 4.78 is 15.1. The third-order valence-electron chi connectivity index (χ3n) is 6.57. The maximum absolute atomic E-state index is 13.4. The lowest BCUT2D eigenvalue weighted by molar-refractivity contribution is 0.177. The molecule has 1 N–H and O–H groups in total. The van der Waals surface area contributed by atoms with Crippen LogP contribution in [0.4, 0.5) is 4.39 Å². The van der Waals surface area contributed by atoms with Crippen molar-refractivity contribution in [3.8, 4) is 0 Å². The third kappa shape index (κ3) is 4.18. The van der Waals surface area contributed by atoms with Crippen molar-refractivity contribution in [1.29, 1.82) is 0 Å². The summed E-state index contributed by atoms with van der Waals surface area (Å²) in [5, 5.41) is 13.6. The minimum atomic E-state index is -0.367. The van der Waals surface area contributed by atoms with Crippen LogP contribution in [-0.4, -0.2) is 43.2 Å². The van der Waals surface area contributed by atoms with E-state index in [0.717, 1.165) is 53.5 Å². The summed E-state index contributed by atoms with van der Waals surface area (Å²) in [6.07, 6.45) is 3.31. The average molecular weight is 447 g/mol. The lowest BCUT2D eigenvalue weighted by Gasteiger charge is -2.33. The molecule has 1 unspecified atom stereocenters. The minimum Gasteiger partial charge on any atom is -0.321 e. The Morgan fingerprint density at radius 2 is 1.76 bits per heavy atom. The largest absolute Gasteiger partial charge is 0.321 e. The number of halogens is 1. The molecule has 5 rings (SSSR count). The van der Waals surface area contributed by atoms with Gasteiger partial charge in [0, 0.05) is 10.9 Å². The number of nitrogens with one attached hydrogen (secondary N) is 1. The summed E-state index contributed by atoms with van der Waals surface area (Å²) in [7, 11) is 0. The van der Waals surface area contributed by atoms with E-state index in [1.165, 1.54) is 18.6 Å². The second kappa shape index (κ2) is 8.86. The zero-order valence-electron chi connectivity index (χ0n) is 18.9. The molecule has 0 aliphatic carbocycles. The Hall–Kier alpha value is -3.39. The minimum absolute atomic E-state index is 0.122. The van der Waals surface area contributed by atoms with Crippen LogP contribution in [-0.2, 0) is 6.54 Å². The molecule has 0 bridgehead atoms. The fourth-order valence-corrected chi connectivity index (χ4v) is 4.75. The van der Waals surface area contributed by atoms with Gasteiger partial charge in [0.25, 0.3) is 5.56 Å². The maximum Gasteiger partial charge on any atom is 0.253 e. The van der Waals surface area contributed by atoms with Crippen LogP contribution < -0.4 is 5.56 Å². The van der Waals surface area contributed by atoms with Crippen LogP contribution >= 0.6 is 0 Å². The molecule has 4 aromatic rings. The first-order valence-corrected chi connectivity index (χ1v) is 11.4. The maximum atomic E-state index is 13.4. The standard InChI is InChI=1S/C25H27FN6O/c1-16-6-7-17(2)22-20(16)14-21(25(33)27-22)23(31-12-4-3-5-13-31)24-28-29-30-32(24)15-18-8-10-19(26)11-9-18/h6-11,14,23H,3-5,12-13,15H2,1-2H3,(H,27,33). The molecule has 33 heavy (non-hydrogen) atoms. The smallest absolute Gasteiger partial charge is 0.253 e. The second-order valence-corrected chi connectivity index (χ2v) is 8.86. The van der Waals surface area contributed by atoms with Crippen LogP contribution in [0.15, 0.2) is 47.3 Å². The molecule has 1 aliphatic rings. The number of H-pyrrole nitrogens is 1. The van der Waals surface area contributed by atoms with Crippen LogP contribution in [0, 0.1) is 19.7 Å². The van der Waals surface area contributed by atoms with Crippen molar-refractivity contribution in [3.05, 3.63) is 86.7 Å². The zero-order valence-corrected chi connectivity index (χ0v) is 18.9. The molecule has 0 radical (unpaired) electrons. The Labute approximate surface area is 191 Å². The van der Waals surface area contributed by atoms with Crippen LogP contribution in [0.5, 0.6) is 0 Å². The third-order valence-corrected chi connectivity index (χ3v) is 6.57. The van der Waals surface area contributed by atoms with E-state index in [2.05, 4.69) is 38.4 Å². The van der Waals surface area contributed by atoms with Gasteiger partial charge in [0.1, 0.15) is 11.9 Å². The predicted octanol–water partition coefficient (Wildman–Crippen LogP) is 3.89. The van der Waals surface area contributed by atoms with Gasteiger partial charge in [-0.3, -0.25) is 9.69 Å². The average Bonchev–Trinajstić information content (AvgIpc) is 3.27. The molecular weight excluding hydrogens is 419 g/mol. The Morgan fingerprint density at radius 1 is 1.03 bits per heavy atom. The van der Waals surface area contributed by atoms with Gasteiger partial charge in [-0.2, -0.15) is 0 Å². The highest BCUT2D eigenvalue weighted by atomic mass is 19.1. The van der Waals surface area contributed by atoms with Gasteiger partial charge < -0.3 is 4.98 Å². The van der Waals surface area contributed by atoms with Gasteiger partial charge in [-0.15, -0.1) is 5.10 Å². The molecule has 170 valence electrons. The number of aromatic nitrogens is 5. The quantitative estimate of drug-likeness (QED) is 0.503.